The fourth-order valence-corrected chi connectivity index (χ4v) is 3.87. The number of hydrogen-bond donors (Lipinski definition) is 3. The topological polar surface area (TPSA) is 104 Å². The predicted molar refractivity (Wildman–Crippen MR) is 76.6 cm³/mol. The van der Waals surface area contributed by atoms with Crippen molar-refractivity contribution in [2.75, 3.05) is 26.2 Å². The fraction of sp³-hybridized carbons (Fsp3) is 0.750. The molecule has 0 amide bonds. The zero-order valence-corrected chi connectivity index (χ0v) is 12.8. The second-order valence-electron chi connectivity index (χ2n) is 5.24. The lowest BCUT2D eigenvalue weighted by molar-refractivity contribution is 0.342. The molecule has 0 bridgehead atoms. The number of likely N-dealkylation sites (tertiary alicyclic amines) is 1. The lowest BCUT2D eigenvalue weighted by Crippen LogP contribution is -2.32. The van der Waals surface area contributed by atoms with E-state index in [1.54, 1.807) is 6.92 Å². The molecule has 1 aromatic heterocycles. The first-order valence-electron chi connectivity index (χ1n) is 6.93. The zero-order valence-electron chi connectivity index (χ0n) is 12.0. The van der Waals surface area contributed by atoms with E-state index in [2.05, 4.69) is 26.7 Å². The molecular formula is C12H23N5O2S. The van der Waals surface area contributed by atoms with Crippen molar-refractivity contribution in [3.63, 3.8) is 0 Å². The Morgan fingerprint density at radius 1 is 1.55 bits per heavy atom. The van der Waals surface area contributed by atoms with E-state index in [1.807, 2.05) is 0 Å². The molecule has 1 unspecified atom stereocenters. The molecule has 1 aromatic rings. The molecule has 0 spiro atoms. The van der Waals surface area contributed by atoms with Crippen molar-refractivity contribution < 1.29 is 8.42 Å². The van der Waals surface area contributed by atoms with Gasteiger partial charge in [0.2, 0.25) is 0 Å². The van der Waals surface area contributed by atoms with E-state index < -0.39 is 10.0 Å². The van der Waals surface area contributed by atoms with Crippen LogP contribution < -0.4 is 10.5 Å². The van der Waals surface area contributed by atoms with E-state index in [1.165, 1.54) is 0 Å². The largest absolute Gasteiger partial charge is 0.326 e. The zero-order chi connectivity index (χ0) is 14.8. The van der Waals surface area contributed by atoms with Gasteiger partial charge in [0.25, 0.3) is 10.0 Å². The Bertz CT molecular complexity index is 554. The van der Waals surface area contributed by atoms with Gasteiger partial charge >= 0.3 is 0 Å². The van der Waals surface area contributed by atoms with Crippen LogP contribution in [0.1, 0.15) is 24.6 Å². The number of sulfonamides is 1. The van der Waals surface area contributed by atoms with Crippen LogP contribution in [0.15, 0.2) is 5.03 Å². The van der Waals surface area contributed by atoms with Gasteiger partial charge in [0, 0.05) is 30.9 Å². The number of aromatic amines is 1. The molecule has 114 valence electrons. The van der Waals surface area contributed by atoms with E-state index in [0.717, 1.165) is 26.1 Å². The van der Waals surface area contributed by atoms with Crippen LogP contribution >= 0.6 is 0 Å². The highest BCUT2D eigenvalue weighted by Gasteiger charge is 2.26. The molecule has 1 fully saturated rings. The summed E-state index contributed by atoms with van der Waals surface area (Å²) in [4.78, 5) is 2.32. The molecule has 1 aliphatic heterocycles. The minimum absolute atomic E-state index is 0.0304. The number of aromatic nitrogens is 2. The molecular weight excluding hydrogens is 278 g/mol. The molecule has 4 N–H and O–H groups in total. The van der Waals surface area contributed by atoms with Gasteiger partial charge in [-0.2, -0.15) is 5.10 Å². The number of aryl methyl sites for hydroxylation is 1. The summed E-state index contributed by atoms with van der Waals surface area (Å²) >= 11 is 0. The Morgan fingerprint density at radius 2 is 2.30 bits per heavy atom. The van der Waals surface area contributed by atoms with Crippen molar-refractivity contribution in [2.45, 2.75) is 31.8 Å². The maximum absolute atomic E-state index is 12.3. The minimum Gasteiger partial charge on any atom is -0.326 e. The van der Waals surface area contributed by atoms with Gasteiger partial charge in [-0.3, -0.25) is 5.10 Å². The summed E-state index contributed by atoms with van der Waals surface area (Å²) in [5.74, 6) is 0.367. The summed E-state index contributed by atoms with van der Waals surface area (Å²) in [5.41, 5.74) is 6.84. The predicted octanol–water partition coefficient (Wildman–Crippen LogP) is -0.203. The van der Waals surface area contributed by atoms with Gasteiger partial charge in [-0.25, -0.2) is 13.1 Å². The quantitative estimate of drug-likeness (QED) is 0.675. The Hall–Kier alpha value is -0.960. The Morgan fingerprint density at radius 3 is 2.90 bits per heavy atom. The summed E-state index contributed by atoms with van der Waals surface area (Å²) < 4.78 is 27.2. The number of nitrogens with one attached hydrogen (secondary N) is 2. The molecule has 1 saturated heterocycles. The molecule has 2 heterocycles. The molecule has 2 rings (SSSR count). The van der Waals surface area contributed by atoms with E-state index in [9.17, 15) is 8.42 Å². The summed E-state index contributed by atoms with van der Waals surface area (Å²) in [6, 6.07) is 0. The first kappa shape index (κ1) is 15.4. The smallest absolute Gasteiger partial charge is 0.260 e. The Kier molecular flexibility index (Phi) is 4.79. The van der Waals surface area contributed by atoms with Crippen LogP contribution in [0.2, 0.25) is 0 Å². The first-order chi connectivity index (χ1) is 9.47. The van der Waals surface area contributed by atoms with Crippen molar-refractivity contribution in [1.82, 2.24) is 19.8 Å². The summed E-state index contributed by atoms with van der Waals surface area (Å²) in [6.45, 7) is 7.50. The summed E-state index contributed by atoms with van der Waals surface area (Å²) in [6.07, 6.45) is 1.03. The van der Waals surface area contributed by atoms with Crippen LogP contribution in [-0.2, 0) is 16.6 Å². The van der Waals surface area contributed by atoms with E-state index in [-0.39, 0.29) is 11.6 Å². The number of rotatable bonds is 6. The number of H-pyrrole nitrogens is 1. The van der Waals surface area contributed by atoms with Gasteiger partial charge in [0.05, 0.1) is 0 Å². The van der Waals surface area contributed by atoms with Gasteiger partial charge in [0.15, 0.2) is 5.03 Å². The highest BCUT2D eigenvalue weighted by atomic mass is 32.2. The van der Waals surface area contributed by atoms with Crippen molar-refractivity contribution in [3.05, 3.63) is 11.3 Å². The van der Waals surface area contributed by atoms with Crippen molar-refractivity contribution in [1.29, 1.82) is 0 Å². The highest BCUT2D eigenvalue weighted by Crippen LogP contribution is 2.18. The maximum atomic E-state index is 12.3. The van der Waals surface area contributed by atoms with Crippen LogP contribution in [-0.4, -0.2) is 49.7 Å². The third-order valence-electron chi connectivity index (χ3n) is 3.87. The Labute approximate surface area is 120 Å². The first-order valence-corrected chi connectivity index (χ1v) is 8.42. The molecule has 20 heavy (non-hydrogen) atoms. The lowest BCUT2D eigenvalue weighted by Gasteiger charge is -2.13. The van der Waals surface area contributed by atoms with Crippen LogP contribution in [0.3, 0.4) is 0 Å². The van der Waals surface area contributed by atoms with E-state index in [4.69, 9.17) is 5.73 Å². The molecule has 8 heteroatoms. The minimum atomic E-state index is -3.58. The van der Waals surface area contributed by atoms with Crippen LogP contribution in [0.4, 0.5) is 0 Å². The maximum Gasteiger partial charge on any atom is 0.260 e. The van der Waals surface area contributed by atoms with E-state index >= 15 is 0 Å². The Balaban J connectivity index is 2.01. The van der Waals surface area contributed by atoms with Crippen molar-refractivity contribution >= 4 is 10.0 Å². The molecule has 1 aliphatic rings. The molecule has 0 saturated carbocycles. The standard InChI is InChI=1S/C12H23N5O2S/c1-3-17-5-4-10(8-17)7-14-20(18,19)12-11(6-13)9(2)15-16-12/h10,14H,3-8,13H2,1-2H3,(H,15,16). The molecule has 0 aromatic carbocycles. The third-order valence-corrected chi connectivity index (χ3v) is 5.27. The SMILES string of the molecule is CCN1CCC(CNS(=O)(=O)c2n[nH]c(C)c2CN)C1. The van der Waals surface area contributed by atoms with Crippen molar-refractivity contribution in [2.24, 2.45) is 11.7 Å². The van der Waals surface area contributed by atoms with Crippen LogP contribution in [0, 0.1) is 12.8 Å². The average molecular weight is 301 g/mol. The van der Waals surface area contributed by atoms with Crippen LogP contribution in [0.5, 0.6) is 0 Å². The molecule has 1 atom stereocenters. The number of nitrogens with two attached hydrogens (primary N) is 1. The van der Waals surface area contributed by atoms with Gasteiger partial charge < -0.3 is 10.6 Å². The normalized spacial score (nSPS) is 20.6. The van der Waals surface area contributed by atoms with E-state index in [0.29, 0.717) is 23.7 Å². The second kappa shape index (κ2) is 6.21. The second-order valence-corrected chi connectivity index (χ2v) is 6.92. The molecule has 0 radical (unpaired) electrons. The van der Waals surface area contributed by atoms with Crippen molar-refractivity contribution in [3.8, 4) is 0 Å². The van der Waals surface area contributed by atoms with Gasteiger partial charge in [0.1, 0.15) is 0 Å². The van der Waals surface area contributed by atoms with Gasteiger partial charge in [-0.1, -0.05) is 6.92 Å². The molecule has 0 aliphatic carbocycles. The fourth-order valence-electron chi connectivity index (χ4n) is 2.56. The summed E-state index contributed by atoms with van der Waals surface area (Å²) in [5, 5.41) is 6.58. The average Bonchev–Trinajstić information content (AvgIpc) is 3.02. The third kappa shape index (κ3) is 3.20. The molecule has 7 nitrogen and oxygen atoms in total. The monoisotopic (exact) mass is 301 g/mol. The number of hydrogen-bond acceptors (Lipinski definition) is 5. The van der Waals surface area contributed by atoms with Gasteiger partial charge in [-0.05, 0) is 32.4 Å². The van der Waals surface area contributed by atoms with Gasteiger partial charge in [-0.15, -0.1) is 0 Å². The highest BCUT2D eigenvalue weighted by molar-refractivity contribution is 7.89. The lowest BCUT2D eigenvalue weighted by atomic mass is 10.1. The number of nitrogens with zero attached hydrogens (tertiary/aromatic N) is 2. The summed E-state index contributed by atoms with van der Waals surface area (Å²) in [7, 11) is -3.58. The van der Waals surface area contributed by atoms with Crippen LogP contribution in [0.25, 0.3) is 0 Å².